The summed E-state index contributed by atoms with van der Waals surface area (Å²) in [6.07, 6.45) is 7.08. The van der Waals surface area contributed by atoms with E-state index in [9.17, 15) is 4.79 Å². The molecule has 3 heterocycles. The van der Waals surface area contributed by atoms with E-state index in [0.29, 0.717) is 17.8 Å². The monoisotopic (exact) mass is 400 g/mol. The third-order valence-corrected chi connectivity index (χ3v) is 6.70. The summed E-state index contributed by atoms with van der Waals surface area (Å²) in [5.74, 6) is 2.43. The molecule has 3 N–H and O–H groups in total. The average Bonchev–Trinajstić information content (AvgIpc) is 3.13. The van der Waals surface area contributed by atoms with E-state index in [1.807, 2.05) is 0 Å². The molecule has 0 aromatic carbocycles. The van der Waals surface area contributed by atoms with Gasteiger partial charge in [0.1, 0.15) is 5.82 Å². The molecule has 0 radical (unpaired) electrons. The topological polar surface area (TPSA) is 82.2 Å². The quantitative estimate of drug-likeness (QED) is 0.650. The summed E-state index contributed by atoms with van der Waals surface area (Å²) in [5.41, 5.74) is 2.90. The number of nitrogens with one attached hydrogen (secondary N) is 3. The molecular weight excluding hydrogens is 364 g/mol. The summed E-state index contributed by atoms with van der Waals surface area (Å²) >= 11 is 0. The first-order chi connectivity index (χ1) is 14.0. The molecule has 29 heavy (non-hydrogen) atoms. The highest BCUT2D eigenvalue weighted by atomic mass is 16.1. The Labute approximate surface area is 174 Å². The van der Waals surface area contributed by atoms with Crippen LogP contribution in [0.4, 0.5) is 11.8 Å². The number of carbonyl (C=O) groups excluding carboxylic acids is 1. The molecule has 1 spiro atoms. The Kier molecular flexibility index (Phi) is 5.95. The maximum Gasteiger partial charge on any atom is 0.227 e. The highest BCUT2D eigenvalue weighted by molar-refractivity contribution is 5.76. The summed E-state index contributed by atoms with van der Waals surface area (Å²) in [6, 6.07) is 0.0875. The molecule has 1 aromatic heterocycles. The van der Waals surface area contributed by atoms with Crippen molar-refractivity contribution in [3.05, 3.63) is 11.3 Å². The first kappa shape index (κ1) is 20.4. The van der Waals surface area contributed by atoms with Crippen molar-refractivity contribution >= 4 is 17.7 Å². The van der Waals surface area contributed by atoms with Crippen LogP contribution in [0.1, 0.15) is 57.2 Å². The number of rotatable bonds is 7. The highest BCUT2D eigenvalue weighted by Crippen LogP contribution is 2.37. The lowest BCUT2D eigenvalue weighted by Crippen LogP contribution is -2.54. The largest absolute Gasteiger partial charge is 0.366 e. The Bertz CT molecular complexity index is 745. The molecule has 2 aliphatic heterocycles. The molecule has 0 unspecified atom stereocenters. The number of hydrogen-bond acceptors (Lipinski definition) is 6. The van der Waals surface area contributed by atoms with E-state index in [1.165, 1.54) is 30.5 Å². The second-order valence-corrected chi connectivity index (χ2v) is 9.63. The molecule has 1 atom stereocenters. The molecule has 7 nitrogen and oxygen atoms in total. The van der Waals surface area contributed by atoms with Crippen molar-refractivity contribution in [1.82, 2.24) is 20.6 Å². The summed E-state index contributed by atoms with van der Waals surface area (Å²) in [7, 11) is 1.71. The van der Waals surface area contributed by atoms with Crippen molar-refractivity contribution in [2.75, 3.05) is 43.4 Å². The maximum absolute atomic E-state index is 12.1. The zero-order valence-corrected chi connectivity index (χ0v) is 18.2. The lowest BCUT2D eigenvalue weighted by molar-refractivity contribution is -0.120. The van der Waals surface area contributed by atoms with Gasteiger partial charge in [0.05, 0.1) is 5.69 Å². The Morgan fingerprint density at radius 1 is 1.24 bits per heavy atom. The molecule has 4 rings (SSSR count). The van der Waals surface area contributed by atoms with Gasteiger partial charge in [0.2, 0.25) is 11.9 Å². The van der Waals surface area contributed by atoms with Crippen molar-refractivity contribution in [2.24, 2.45) is 11.3 Å². The van der Waals surface area contributed by atoms with Gasteiger partial charge in [0.25, 0.3) is 0 Å². The fourth-order valence-corrected chi connectivity index (χ4v) is 5.00. The van der Waals surface area contributed by atoms with E-state index in [1.54, 1.807) is 7.05 Å². The fourth-order valence-electron chi connectivity index (χ4n) is 5.00. The average molecular weight is 401 g/mol. The first-order valence-electron chi connectivity index (χ1n) is 11.3. The molecule has 0 bridgehead atoms. The van der Waals surface area contributed by atoms with E-state index in [0.717, 1.165) is 57.2 Å². The number of fused-ring (bicyclic) bond motifs is 1. The lowest BCUT2D eigenvalue weighted by atomic mass is 9.81. The molecule has 7 heteroatoms. The fraction of sp³-hybridized carbons (Fsp3) is 0.773. The van der Waals surface area contributed by atoms with Gasteiger partial charge in [0, 0.05) is 56.7 Å². The second-order valence-electron chi connectivity index (χ2n) is 9.63. The van der Waals surface area contributed by atoms with Crippen LogP contribution < -0.4 is 20.9 Å². The molecule has 2 saturated heterocycles. The maximum atomic E-state index is 12.1. The van der Waals surface area contributed by atoms with Crippen molar-refractivity contribution in [1.29, 1.82) is 0 Å². The third kappa shape index (κ3) is 4.49. The summed E-state index contributed by atoms with van der Waals surface area (Å²) in [4.78, 5) is 24.5. The number of anilines is 2. The lowest BCUT2D eigenvalue weighted by Gasteiger charge is -2.39. The van der Waals surface area contributed by atoms with Crippen LogP contribution in [0.5, 0.6) is 0 Å². The van der Waals surface area contributed by atoms with Gasteiger partial charge < -0.3 is 20.9 Å². The Morgan fingerprint density at radius 3 is 2.69 bits per heavy atom. The van der Waals surface area contributed by atoms with Gasteiger partial charge in [-0.1, -0.05) is 13.8 Å². The van der Waals surface area contributed by atoms with Crippen molar-refractivity contribution in [3.8, 4) is 0 Å². The minimum absolute atomic E-state index is 0.0743. The van der Waals surface area contributed by atoms with Gasteiger partial charge in [0.15, 0.2) is 0 Å². The van der Waals surface area contributed by atoms with Gasteiger partial charge in [-0.25, -0.2) is 4.98 Å². The number of amides is 1. The van der Waals surface area contributed by atoms with Crippen LogP contribution in [-0.4, -0.2) is 55.1 Å². The summed E-state index contributed by atoms with van der Waals surface area (Å²) < 4.78 is 0. The van der Waals surface area contributed by atoms with Crippen LogP contribution >= 0.6 is 0 Å². The molecular formula is C22H36N6O. The van der Waals surface area contributed by atoms with Crippen LogP contribution in [0.15, 0.2) is 0 Å². The van der Waals surface area contributed by atoms with Gasteiger partial charge in [-0.3, -0.25) is 4.79 Å². The van der Waals surface area contributed by atoms with Crippen molar-refractivity contribution in [2.45, 2.75) is 64.8 Å². The van der Waals surface area contributed by atoms with E-state index in [-0.39, 0.29) is 11.9 Å². The van der Waals surface area contributed by atoms with E-state index < -0.39 is 0 Å². The zero-order chi connectivity index (χ0) is 20.4. The number of aryl methyl sites for hydroxylation is 1. The van der Waals surface area contributed by atoms with Gasteiger partial charge in [-0.2, -0.15) is 4.98 Å². The number of hydrogen-bond donors (Lipinski definition) is 3. The SMILES string of the molecule is CNC(=O)C[C@H](CC(C)C)Nc1nc(N2CCC3(CNC3)C2)nc2c1CCCC2. The summed E-state index contributed by atoms with van der Waals surface area (Å²) in [5, 5.41) is 9.86. The number of carbonyl (C=O) groups is 1. The molecule has 1 amide bonds. The minimum Gasteiger partial charge on any atom is -0.366 e. The van der Waals surface area contributed by atoms with Gasteiger partial charge in [-0.05, 0) is 44.4 Å². The second kappa shape index (κ2) is 8.46. The standard InChI is InChI=1S/C22H36N6O/c1-15(2)10-16(11-19(29)23-3)25-20-17-6-4-5-7-18(17)26-21(27-20)28-9-8-22(14-28)12-24-13-22/h15-16,24H,4-14H2,1-3H3,(H,23,29)(H,25,26,27)/t16-/m0/s1. The molecule has 160 valence electrons. The van der Waals surface area contributed by atoms with E-state index in [4.69, 9.17) is 9.97 Å². The summed E-state index contributed by atoms with van der Waals surface area (Å²) in [6.45, 7) is 8.72. The van der Waals surface area contributed by atoms with Crippen molar-refractivity contribution < 1.29 is 4.79 Å². The van der Waals surface area contributed by atoms with Crippen LogP contribution in [0, 0.1) is 11.3 Å². The minimum atomic E-state index is 0.0743. The van der Waals surface area contributed by atoms with Crippen LogP contribution in [-0.2, 0) is 17.6 Å². The predicted molar refractivity (Wildman–Crippen MR) is 116 cm³/mol. The van der Waals surface area contributed by atoms with Crippen LogP contribution in [0.25, 0.3) is 0 Å². The van der Waals surface area contributed by atoms with Gasteiger partial charge in [-0.15, -0.1) is 0 Å². The number of aromatic nitrogens is 2. The zero-order valence-electron chi connectivity index (χ0n) is 18.2. The molecule has 3 aliphatic rings. The molecule has 0 saturated carbocycles. The van der Waals surface area contributed by atoms with Crippen LogP contribution in [0.2, 0.25) is 0 Å². The number of nitrogens with zero attached hydrogens (tertiary/aromatic N) is 3. The first-order valence-corrected chi connectivity index (χ1v) is 11.3. The Hall–Kier alpha value is -1.89. The van der Waals surface area contributed by atoms with Crippen molar-refractivity contribution in [3.63, 3.8) is 0 Å². The normalized spacial score (nSPS) is 21.0. The molecule has 1 aromatic rings. The van der Waals surface area contributed by atoms with Crippen LogP contribution in [0.3, 0.4) is 0 Å². The Morgan fingerprint density at radius 2 is 2.03 bits per heavy atom. The van der Waals surface area contributed by atoms with Gasteiger partial charge >= 0.3 is 0 Å². The molecule has 2 fully saturated rings. The van der Waals surface area contributed by atoms with E-state index >= 15 is 0 Å². The Balaban J connectivity index is 1.59. The predicted octanol–water partition coefficient (Wildman–Crippen LogP) is 2.12. The smallest absolute Gasteiger partial charge is 0.227 e. The molecule has 1 aliphatic carbocycles. The van der Waals surface area contributed by atoms with E-state index in [2.05, 4.69) is 34.7 Å². The third-order valence-electron chi connectivity index (χ3n) is 6.70. The highest BCUT2D eigenvalue weighted by Gasteiger charge is 2.43.